The van der Waals surface area contributed by atoms with Crippen molar-refractivity contribution in [1.82, 2.24) is 0 Å². The Morgan fingerprint density at radius 1 is 1.50 bits per heavy atom. The zero-order valence-electron chi connectivity index (χ0n) is 10.8. The van der Waals surface area contributed by atoms with E-state index in [2.05, 4.69) is 5.16 Å². The minimum absolute atomic E-state index is 0.0741. The summed E-state index contributed by atoms with van der Waals surface area (Å²) >= 11 is 6.07. The normalized spacial score (nSPS) is 18.4. The van der Waals surface area contributed by atoms with Crippen molar-refractivity contribution in [3.8, 4) is 5.75 Å². The number of ketones is 1. The van der Waals surface area contributed by atoms with Crippen molar-refractivity contribution >= 4 is 33.2 Å². The van der Waals surface area contributed by atoms with Gasteiger partial charge in [-0.25, -0.2) is 0 Å². The van der Waals surface area contributed by atoms with Crippen LogP contribution >= 0.6 is 11.6 Å². The highest BCUT2D eigenvalue weighted by Gasteiger charge is 2.30. The number of hydrogen-bond donors (Lipinski definition) is 0. The zero-order chi connectivity index (χ0) is 14.9. The largest absolute Gasteiger partial charge is 0.387 e. The fraction of sp³-hybridized carbons (Fsp3) is 0.333. The molecule has 108 valence electrons. The molecule has 1 aliphatic heterocycles. The molecule has 0 bridgehead atoms. The lowest BCUT2D eigenvalue weighted by molar-refractivity contribution is -0.111. The highest BCUT2D eigenvalue weighted by molar-refractivity contribution is 7.86. The van der Waals surface area contributed by atoms with Crippen molar-refractivity contribution in [3.05, 3.63) is 28.8 Å². The molecule has 2 rings (SSSR count). The van der Waals surface area contributed by atoms with Gasteiger partial charge in [-0.1, -0.05) is 22.8 Å². The van der Waals surface area contributed by atoms with Crippen molar-refractivity contribution in [2.45, 2.75) is 19.4 Å². The van der Waals surface area contributed by atoms with Crippen LogP contribution in [-0.2, 0) is 19.8 Å². The molecule has 1 aromatic rings. The molecule has 0 saturated carbocycles. The fourth-order valence-electron chi connectivity index (χ4n) is 1.81. The van der Waals surface area contributed by atoms with Crippen LogP contribution in [0.15, 0.2) is 23.4 Å². The van der Waals surface area contributed by atoms with Gasteiger partial charge in [0, 0.05) is 13.3 Å². The lowest BCUT2D eigenvalue weighted by atomic mass is 10.0. The molecule has 0 unspecified atom stereocenters. The third-order valence-electron chi connectivity index (χ3n) is 2.65. The van der Waals surface area contributed by atoms with Gasteiger partial charge in [0.2, 0.25) is 0 Å². The lowest BCUT2D eigenvalue weighted by Crippen LogP contribution is -2.11. The van der Waals surface area contributed by atoms with Crippen LogP contribution in [0.2, 0.25) is 5.02 Å². The number of hydrogen-bond acceptors (Lipinski definition) is 6. The first kappa shape index (κ1) is 14.8. The summed E-state index contributed by atoms with van der Waals surface area (Å²) in [6.07, 6.45) is 0.517. The molecule has 0 aromatic heterocycles. The first-order valence-corrected chi connectivity index (χ1v) is 7.89. The van der Waals surface area contributed by atoms with Gasteiger partial charge in [0.25, 0.3) is 0 Å². The SMILES string of the molecule is CC(=O)C1=NO[C@@H](c2c(Cl)cccc2OS(C)(=O)=O)C1. The highest BCUT2D eigenvalue weighted by Crippen LogP contribution is 2.39. The van der Waals surface area contributed by atoms with Gasteiger partial charge in [0.05, 0.1) is 16.8 Å². The molecule has 1 aromatic carbocycles. The second-order valence-electron chi connectivity index (χ2n) is 4.33. The Morgan fingerprint density at radius 3 is 2.75 bits per heavy atom. The van der Waals surface area contributed by atoms with E-state index in [4.69, 9.17) is 20.6 Å². The molecule has 0 radical (unpaired) electrons. The maximum Gasteiger partial charge on any atom is 0.306 e. The molecule has 0 amide bonds. The molecule has 1 aliphatic rings. The van der Waals surface area contributed by atoms with Crippen molar-refractivity contribution in [1.29, 1.82) is 0 Å². The maximum atomic E-state index is 11.3. The third-order valence-corrected chi connectivity index (χ3v) is 3.46. The Labute approximate surface area is 121 Å². The van der Waals surface area contributed by atoms with Gasteiger partial charge in [-0.3, -0.25) is 4.79 Å². The first-order chi connectivity index (χ1) is 9.28. The zero-order valence-corrected chi connectivity index (χ0v) is 12.4. The molecule has 8 heteroatoms. The molecule has 1 heterocycles. The Balaban J connectivity index is 2.35. The minimum atomic E-state index is -3.69. The van der Waals surface area contributed by atoms with Crippen molar-refractivity contribution in [2.24, 2.45) is 5.16 Å². The molecule has 0 saturated heterocycles. The highest BCUT2D eigenvalue weighted by atomic mass is 35.5. The van der Waals surface area contributed by atoms with Crippen LogP contribution in [0.3, 0.4) is 0 Å². The summed E-state index contributed by atoms with van der Waals surface area (Å²) in [5.41, 5.74) is 0.639. The topological polar surface area (TPSA) is 82.0 Å². The average Bonchev–Trinajstić information content (AvgIpc) is 2.76. The minimum Gasteiger partial charge on any atom is -0.387 e. The van der Waals surface area contributed by atoms with Crippen LogP contribution in [0.25, 0.3) is 0 Å². The maximum absolute atomic E-state index is 11.3. The Bertz CT molecular complexity index is 683. The van der Waals surface area contributed by atoms with E-state index in [9.17, 15) is 13.2 Å². The van der Waals surface area contributed by atoms with Gasteiger partial charge in [0.15, 0.2) is 17.6 Å². The quantitative estimate of drug-likeness (QED) is 0.794. The number of rotatable bonds is 4. The smallest absolute Gasteiger partial charge is 0.306 e. The predicted molar refractivity (Wildman–Crippen MR) is 73.5 cm³/mol. The van der Waals surface area contributed by atoms with E-state index in [0.717, 1.165) is 6.26 Å². The number of oxime groups is 1. The summed E-state index contributed by atoms with van der Waals surface area (Å²) in [5, 5.41) is 3.96. The second-order valence-corrected chi connectivity index (χ2v) is 6.31. The standard InChI is InChI=1S/C12H12ClNO5S/c1-7(15)9-6-11(18-14-9)12-8(13)4-3-5-10(12)19-20(2,16)17/h3-5,11H,6H2,1-2H3/t11-/m1/s1. The van der Waals surface area contributed by atoms with E-state index in [-0.39, 0.29) is 28.7 Å². The number of carbonyl (C=O) groups is 1. The van der Waals surface area contributed by atoms with E-state index < -0.39 is 16.2 Å². The van der Waals surface area contributed by atoms with Crippen LogP contribution in [-0.4, -0.2) is 26.2 Å². The van der Waals surface area contributed by atoms with Gasteiger partial charge >= 0.3 is 10.1 Å². The van der Waals surface area contributed by atoms with Crippen LogP contribution in [0, 0.1) is 0 Å². The molecule has 20 heavy (non-hydrogen) atoms. The average molecular weight is 318 g/mol. The summed E-state index contributed by atoms with van der Waals surface area (Å²) in [4.78, 5) is 16.4. The summed E-state index contributed by atoms with van der Waals surface area (Å²) < 4.78 is 27.4. The predicted octanol–water partition coefficient (Wildman–Crippen LogP) is 2.08. The van der Waals surface area contributed by atoms with E-state index in [1.807, 2.05) is 0 Å². The third kappa shape index (κ3) is 3.29. The summed E-state index contributed by atoms with van der Waals surface area (Å²) in [5.74, 6) is -0.130. The molecule has 0 spiro atoms. The van der Waals surface area contributed by atoms with Crippen molar-refractivity contribution in [2.75, 3.05) is 6.26 Å². The number of halogens is 1. The Kier molecular flexibility index (Phi) is 4.01. The van der Waals surface area contributed by atoms with Gasteiger partial charge in [-0.2, -0.15) is 8.42 Å². The Hall–Kier alpha value is -1.60. The number of benzene rings is 1. The first-order valence-electron chi connectivity index (χ1n) is 5.69. The van der Waals surface area contributed by atoms with Crippen LogP contribution in [0.4, 0.5) is 0 Å². The molecular weight excluding hydrogens is 306 g/mol. The van der Waals surface area contributed by atoms with Gasteiger partial charge in [-0.05, 0) is 12.1 Å². The van der Waals surface area contributed by atoms with Crippen LogP contribution in [0.1, 0.15) is 25.0 Å². The second kappa shape index (κ2) is 5.41. The fourth-order valence-corrected chi connectivity index (χ4v) is 2.56. The molecule has 1 atom stereocenters. The molecule has 0 N–H and O–H groups in total. The number of carbonyl (C=O) groups excluding carboxylic acids is 1. The van der Waals surface area contributed by atoms with Crippen LogP contribution in [0.5, 0.6) is 5.75 Å². The molecule has 6 nitrogen and oxygen atoms in total. The summed E-state index contributed by atoms with van der Waals surface area (Å²) in [6, 6.07) is 4.62. The van der Waals surface area contributed by atoms with E-state index >= 15 is 0 Å². The molecule has 0 aliphatic carbocycles. The van der Waals surface area contributed by atoms with Gasteiger partial charge in [0.1, 0.15) is 5.71 Å². The van der Waals surface area contributed by atoms with E-state index in [1.165, 1.54) is 13.0 Å². The van der Waals surface area contributed by atoms with Gasteiger partial charge < -0.3 is 9.02 Å². The van der Waals surface area contributed by atoms with E-state index in [1.54, 1.807) is 12.1 Å². The van der Waals surface area contributed by atoms with Crippen molar-refractivity contribution < 1.29 is 22.2 Å². The summed E-state index contributed by atoms with van der Waals surface area (Å²) in [7, 11) is -3.69. The van der Waals surface area contributed by atoms with Crippen molar-refractivity contribution in [3.63, 3.8) is 0 Å². The summed E-state index contributed by atoms with van der Waals surface area (Å²) in [6.45, 7) is 1.38. The monoisotopic (exact) mass is 317 g/mol. The van der Waals surface area contributed by atoms with Gasteiger partial charge in [-0.15, -0.1) is 0 Å². The number of Topliss-reactive ketones (excluding diaryl/α,β-unsaturated/α-hetero) is 1. The molecular formula is C12H12ClNO5S. The van der Waals surface area contributed by atoms with Crippen LogP contribution < -0.4 is 4.18 Å². The lowest BCUT2D eigenvalue weighted by Gasteiger charge is -2.15. The Morgan fingerprint density at radius 2 is 2.20 bits per heavy atom. The van der Waals surface area contributed by atoms with E-state index in [0.29, 0.717) is 5.56 Å². The number of nitrogens with zero attached hydrogens (tertiary/aromatic N) is 1. The molecule has 0 fully saturated rings.